The van der Waals surface area contributed by atoms with E-state index in [0.29, 0.717) is 3.79 Å². The molecule has 120 valence electrons. The Bertz CT molecular complexity index is 591. The maximum Gasteiger partial charge on any atom is 0.250 e. The van der Waals surface area contributed by atoms with Gasteiger partial charge >= 0.3 is 0 Å². The van der Waals surface area contributed by atoms with Crippen LogP contribution in [0.1, 0.15) is 6.92 Å². The zero-order valence-electron chi connectivity index (χ0n) is 11.0. The van der Waals surface area contributed by atoms with Crippen molar-refractivity contribution < 1.29 is 28.5 Å². The number of nitrogens with one attached hydrogen (secondary N) is 1. The Labute approximate surface area is 134 Å². The summed E-state index contributed by atoms with van der Waals surface area (Å²) in [6.07, 6.45) is -5.58. The van der Waals surface area contributed by atoms with E-state index < -0.39 is 40.5 Å². The average molecular weight is 402 g/mol. The fourth-order valence-electron chi connectivity index (χ4n) is 2.01. The van der Waals surface area contributed by atoms with Crippen LogP contribution in [0.25, 0.3) is 0 Å². The van der Waals surface area contributed by atoms with Crippen molar-refractivity contribution in [1.29, 1.82) is 0 Å². The van der Waals surface area contributed by atoms with Crippen LogP contribution in [0.3, 0.4) is 0 Å². The molecule has 1 aromatic rings. The largest absolute Gasteiger partial charge is 0.388 e. The normalized spacial score (nSPS) is 34.0. The van der Waals surface area contributed by atoms with Crippen LogP contribution in [0.15, 0.2) is 20.1 Å². The molecule has 1 aromatic heterocycles. The third kappa shape index (κ3) is 3.82. The Morgan fingerprint density at radius 1 is 1.29 bits per heavy atom. The van der Waals surface area contributed by atoms with Crippen LogP contribution in [0.2, 0.25) is 0 Å². The molecule has 10 heteroatoms. The second-order valence-corrected chi connectivity index (χ2v) is 9.22. The summed E-state index contributed by atoms with van der Waals surface area (Å²) in [5.41, 5.74) is 0. The van der Waals surface area contributed by atoms with Crippen LogP contribution >= 0.6 is 27.3 Å². The number of ether oxygens (including phenoxy) is 1. The maximum atomic E-state index is 12.1. The number of halogens is 1. The number of rotatable bonds is 4. The molecular formula is C11H16BrNO6S2. The molecule has 3 unspecified atom stereocenters. The molecule has 5 atom stereocenters. The number of sulfonamides is 1. The van der Waals surface area contributed by atoms with Gasteiger partial charge in [0.1, 0.15) is 28.6 Å². The summed E-state index contributed by atoms with van der Waals surface area (Å²) < 4.78 is 32.6. The molecule has 0 radical (unpaired) electrons. The van der Waals surface area contributed by atoms with Gasteiger partial charge in [-0.3, -0.25) is 0 Å². The predicted molar refractivity (Wildman–Crippen MR) is 79.6 cm³/mol. The number of aliphatic hydroxyl groups is 3. The highest BCUT2D eigenvalue weighted by molar-refractivity contribution is 9.11. The molecule has 21 heavy (non-hydrogen) atoms. The van der Waals surface area contributed by atoms with Crippen molar-refractivity contribution in [2.75, 3.05) is 6.54 Å². The summed E-state index contributed by atoms with van der Waals surface area (Å²) in [5, 5.41) is 29.1. The minimum Gasteiger partial charge on any atom is -0.388 e. The number of hydrogen-bond acceptors (Lipinski definition) is 7. The minimum atomic E-state index is -3.71. The topological polar surface area (TPSA) is 116 Å². The predicted octanol–water partition coefficient (Wildman–Crippen LogP) is -0.341. The van der Waals surface area contributed by atoms with Gasteiger partial charge in [-0.25, -0.2) is 13.1 Å². The van der Waals surface area contributed by atoms with Gasteiger partial charge in [0.2, 0.25) is 10.0 Å². The lowest BCUT2D eigenvalue weighted by Crippen LogP contribution is -2.59. The third-order valence-electron chi connectivity index (χ3n) is 3.24. The van der Waals surface area contributed by atoms with Gasteiger partial charge in [-0.15, -0.1) is 11.3 Å². The van der Waals surface area contributed by atoms with Crippen molar-refractivity contribution in [3.63, 3.8) is 0 Å². The lowest BCUT2D eigenvalue weighted by molar-refractivity contribution is -0.214. The highest BCUT2D eigenvalue weighted by Crippen LogP contribution is 2.26. The van der Waals surface area contributed by atoms with Crippen LogP contribution in [0.5, 0.6) is 0 Å². The molecule has 0 spiro atoms. The molecule has 0 bridgehead atoms. The molecule has 4 N–H and O–H groups in total. The van der Waals surface area contributed by atoms with Crippen LogP contribution in [0.4, 0.5) is 0 Å². The molecule has 2 rings (SSSR count). The molecule has 1 aliphatic rings. The molecule has 0 aromatic carbocycles. The first-order valence-electron chi connectivity index (χ1n) is 6.17. The minimum absolute atomic E-state index is 0.133. The standard InChI is InChI=1S/C11H16BrNO6S2/c1-5-9(14)11(16)10(15)6(19-5)4-13-21(17,18)8-3-2-7(12)20-8/h2-3,5-6,9-11,13-16H,4H2,1H3/t5?,6-,9-,10?,11?/m1/s1. The zero-order chi connectivity index (χ0) is 15.8. The fraction of sp³-hybridized carbons (Fsp3) is 0.636. The smallest absolute Gasteiger partial charge is 0.250 e. The van der Waals surface area contributed by atoms with Crippen molar-refractivity contribution >= 4 is 37.3 Å². The first kappa shape index (κ1) is 17.3. The Hall–Kier alpha value is -0.0700. The summed E-state index contributed by atoms with van der Waals surface area (Å²) in [6.45, 7) is 1.34. The summed E-state index contributed by atoms with van der Waals surface area (Å²) in [4.78, 5) is 0. The molecular weight excluding hydrogens is 386 g/mol. The van der Waals surface area contributed by atoms with E-state index in [1.54, 1.807) is 6.07 Å². The zero-order valence-corrected chi connectivity index (χ0v) is 14.2. The van der Waals surface area contributed by atoms with Gasteiger partial charge in [-0.2, -0.15) is 0 Å². The number of hydrogen-bond donors (Lipinski definition) is 4. The first-order chi connectivity index (χ1) is 9.72. The van der Waals surface area contributed by atoms with E-state index >= 15 is 0 Å². The van der Waals surface area contributed by atoms with Gasteiger partial charge in [0.05, 0.1) is 9.89 Å². The van der Waals surface area contributed by atoms with Crippen LogP contribution in [-0.2, 0) is 14.8 Å². The van der Waals surface area contributed by atoms with E-state index in [0.717, 1.165) is 11.3 Å². The van der Waals surface area contributed by atoms with Crippen molar-refractivity contribution in [3.8, 4) is 0 Å². The van der Waals surface area contributed by atoms with Crippen LogP contribution in [0, 0.1) is 0 Å². The fourth-order valence-corrected chi connectivity index (χ4v) is 5.11. The van der Waals surface area contributed by atoms with Gasteiger partial charge in [0.25, 0.3) is 0 Å². The molecule has 1 fully saturated rings. The second kappa shape index (κ2) is 6.59. The summed E-state index contributed by atoms with van der Waals surface area (Å²) in [5.74, 6) is 0. The van der Waals surface area contributed by atoms with E-state index in [4.69, 9.17) is 4.74 Å². The van der Waals surface area contributed by atoms with E-state index in [1.165, 1.54) is 13.0 Å². The molecule has 0 saturated carbocycles. The number of aliphatic hydroxyl groups excluding tert-OH is 3. The SMILES string of the molecule is CC1O[C@H](CNS(=O)(=O)c2ccc(Br)s2)C(O)C(O)[C@@H]1O. The van der Waals surface area contributed by atoms with Crippen LogP contribution < -0.4 is 4.72 Å². The lowest BCUT2D eigenvalue weighted by atomic mass is 9.96. The molecule has 1 aliphatic heterocycles. The molecule has 2 heterocycles. The Morgan fingerprint density at radius 3 is 2.52 bits per heavy atom. The first-order valence-corrected chi connectivity index (χ1v) is 9.26. The molecule has 7 nitrogen and oxygen atoms in total. The Kier molecular flexibility index (Phi) is 5.42. The summed E-state index contributed by atoms with van der Waals surface area (Å²) in [7, 11) is -3.71. The van der Waals surface area contributed by atoms with Gasteiger partial charge in [-0.05, 0) is 35.0 Å². The second-order valence-electron chi connectivity index (χ2n) is 4.76. The summed E-state index contributed by atoms with van der Waals surface area (Å²) >= 11 is 4.24. The lowest BCUT2D eigenvalue weighted by Gasteiger charge is -2.39. The monoisotopic (exact) mass is 401 g/mol. The quantitative estimate of drug-likeness (QED) is 0.548. The van der Waals surface area contributed by atoms with Crippen LogP contribution in [-0.4, -0.2) is 60.8 Å². The Balaban J connectivity index is 2.02. The highest BCUT2D eigenvalue weighted by atomic mass is 79.9. The highest BCUT2D eigenvalue weighted by Gasteiger charge is 2.41. The van der Waals surface area contributed by atoms with Gasteiger partial charge in [0, 0.05) is 6.54 Å². The molecule has 0 aliphatic carbocycles. The average Bonchev–Trinajstić information content (AvgIpc) is 2.86. The maximum absolute atomic E-state index is 12.1. The van der Waals surface area contributed by atoms with Crippen molar-refractivity contribution in [1.82, 2.24) is 4.72 Å². The van der Waals surface area contributed by atoms with E-state index in [2.05, 4.69) is 20.7 Å². The van der Waals surface area contributed by atoms with E-state index in [-0.39, 0.29) is 10.8 Å². The van der Waals surface area contributed by atoms with Gasteiger partial charge in [0.15, 0.2) is 0 Å². The molecule has 0 amide bonds. The Morgan fingerprint density at radius 2 is 1.95 bits per heavy atom. The van der Waals surface area contributed by atoms with Crippen molar-refractivity contribution in [3.05, 3.63) is 15.9 Å². The van der Waals surface area contributed by atoms with Gasteiger partial charge < -0.3 is 20.1 Å². The van der Waals surface area contributed by atoms with Gasteiger partial charge in [-0.1, -0.05) is 0 Å². The van der Waals surface area contributed by atoms with E-state index in [1.807, 2.05) is 0 Å². The van der Waals surface area contributed by atoms with E-state index in [9.17, 15) is 23.7 Å². The summed E-state index contributed by atoms with van der Waals surface area (Å²) in [6, 6.07) is 3.07. The molecule has 1 saturated heterocycles. The van der Waals surface area contributed by atoms with Crippen molar-refractivity contribution in [2.24, 2.45) is 0 Å². The number of thiophene rings is 1. The van der Waals surface area contributed by atoms with Crippen molar-refractivity contribution in [2.45, 2.75) is 41.7 Å². The third-order valence-corrected chi connectivity index (χ3v) is 6.78.